The van der Waals surface area contributed by atoms with Gasteiger partial charge in [0.25, 0.3) is 0 Å². The van der Waals surface area contributed by atoms with Crippen LogP contribution in [0.1, 0.15) is 28.3 Å². The third-order valence-electron chi connectivity index (χ3n) is 4.35. The van der Waals surface area contributed by atoms with Gasteiger partial charge in [0, 0.05) is 6.07 Å². The summed E-state index contributed by atoms with van der Waals surface area (Å²) in [4.78, 5) is 4.20. The summed E-state index contributed by atoms with van der Waals surface area (Å²) in [6.45, 7) is 4.23. The number of hydrogen-bond donors (Lipinski definition) is 2. The summed E-state index contributed by atoms with van der Waals surface area (Å²) in [6.07, 6.45) is 1.70. The molecule has 27 heavy (non-hydrogen) atoms. The minimum absolute atomic E-state index is 0.0435. The van der Waals surface area contributed by atoms with Crippen LogP contribution in [-0.4, -0.2) is 17.2 Å². The van der Waals surface area contributed by atoms with E-state index in [0.717, 1.165) is 11.3 Å². The maximum absolute atomic E-state index is 5.56. The van der Waals surface area contributed by atoms with Crippen molar-refractivity contribution in [2.45, 2.75) is 19.9 Å². The minimum atomic E-state index is -0.0435. The highest BCUT2D eigenvalue weighted by atomic mass is 32.1. The van der Waals surface area contributed by atoms with Crippen molar-refractivity contribution in [2.75, 3.05) is 12.4 Å². The van der Waals surface area contributed by atoms with Gasteiger partial charge in [0.05, 0.1) is 25.0 Å². The van der Waals surface area contributed by atoms with Gasteiger partial charge < -0.3 is 15.4 Å². The topological polar surface area (TPSA) is 46.2 Å². The molecule has 0 saturated heterocycles. The van der Waals surface area contributed by atoms with Crippen LogP contribution in [0.5, 0.6) is 5.88 Å². The molecule has 0 bridgehead atoms. The van der Waals surface area contributed by atoms with Crippen LogP contribution in [0, 0.1) is 13.8 Å². The maximum atomic E-state index is 5.56. The van der Waals surface area contributed by atoms with Gasteiger partial charge in [-0.2, -0.15) is 0 Å². The maximum Gasteiger partial charge on any atom is 0.213 e. The Morgan fingerprint density at radius 1 is 1.04 bits per heavy atom. The van der Waals surface area contributed by atoms with Crippen molar-refractivity contribution in [1.82, 2.24) is 10.3 Å². The molecule has 0 saturated carbocycles. The van der Waals surface area contributed by atoms with Crippen LogP contribution in [0.3, 0.4) is 0 Å². The summed E-state index contributed by atoms with van der Waals surface area (Å²) in [7, 11) is 1.59. The lowest BCUT2D eigenvalue weighted by molar-refractivity contribution is 0.398. The van der Waals surface area contributed by atoms with Gasteiger partial charge in [-0.3, -0.25) is 0 Å². The van der Waals surface area contributed by atoms with Gasteiger partial charge in [-0.05, 0) is 48.8 Å². The van der Waals surface area contributed by atoms with Crippen LogP contribution in [0.15, 0.2) is 66.9 Å². The van der Waals surface area contributed by atoms with Crippen LogP contribution in [0.2, 0.25) is 0 Å². The Labute approximate surface area is 165 Å². The number of anilines is 1. The van der Waals surface area contributed by atoms with Crippen LogP contribution in [-0.2, 0) is 0 Å². The number of benzene rings is 2. The normalized spacial score (nSPS) is 11.5. The van der Waals surface area contributed by atoms with Gasteiger partial charge in [0.1, 0.15) is 0 Å². The molecule has 1 atom stereocenters. The number of ether oxygens (including phenoxy) is 1. The molecule has 3 rings (SSSR count). The van der Waals surface area contributed by atoms with E-state index in [9.17, 15) is 0 Å². The molecule has 2 N–H and O–H groups in total. The van der Waals surface area contributed by atoms with Crippen molar-refractivity contribution in [3.8, 4) is 5.88 Å². The van der Waals surface area contributed by atoms with E-state index >= 15 is 0 Å². The number of aromatic nitrogens is 1. The molecule has 0 aliphatic rings. The second kappa shape index (κ2) is 8.64. The first-order valence-corrected chi connectivity index (χ1v) is 9.17. The molecule has 4 nitrogen and oxygen atoms in total. The minimum Gasteiger partial charge on any atom is -0.481 e. The largest absolute Gasteiger partial charge is 0.481 e. The van der Waals surface area contributed by atoms with E-state index in [0.29, 0.717) is 11.0 Å². The van der Waals surface area contributed by atoms with E-state index < -0.39 is 0 Å². The van der Waals surface area contributed by atoms with Crippen molar-refractivity contribution < 1.29 is 4.74 Å². The van der Waals surface area contributed by atoms with E-state index in [2.05, 4.69) is 59.8 Å². The fraction of sp³-hybridized carbons (Fsp3) is 0.182. The zero-order valence-electron chi connectivity index (χ0n) is 15.7. The lowest BCUT2D eigenvalue weighted by Gasteiger charge is -2.24. The molecule has 0 radical (unpaired) electrons. The van der Waals surface area contributed by atoms with Crippen molar-refractivity contribution in [3.05, 3.63) is 89.1 Å². The Bertz CT molecular complexity index is 911. The van der Waals surface area contributed by atoms with Crippen LogP contribution >= 0.6 is 12.2 Å². The van der Waals surface area contributed by atoms with Crippen molar-refractivity contribution in [2.24, 2.45) is 0 Å². The van der Waals surface area contributed by atoms with Crippen LogP contribution in [0.4, 0.5) is 5.69 Å². The summed E-state index contributed by atoms with van der Waals surface area (Å²) in [6, 6.07) is 20.4. The summed E-state index contributed by atoms with van der Waals surface area (Å²) in [5.41, 5.74) is 5.63. The third-order valence-corrected chi connectivity index (χ3v) is 4.57. The second-order valence-electron chi connectivity index (χ2n) is 6.39. The first-order chi connectivity index (χ1) is 13.1. The quantitative estimate of drug-likeness (QED) is 0.627. The molecule has 0 spiro atoms. The van der Waals surface area contributed by atoms with E-state index in [1.54, 1.807) is 19.4 Å². The van der Waals surface area contributed by atoms with Crippen LogP contribution < -0.4 is 15.4 Å². The molecular weight excluding hydrogens is 354 g/mol. The Morgan fingerprint density at radius 3 is 2.44 bits per heavy atom. The molecule has 138 valence electrons. The summed E-state index contributed by atoms with van der Waals surface area (Å²) in [5.74, 6) is 0.567. The fourth-order valence-electron chi connectivity index (χ4n) is 3.01. The lowest BCUT2D eigenvalue weighted by Crippen LogP contribution is -2.33. The van der Waals surface area contributed by atoms with Crippen LogP contribution in [0.25, 0.3) is 0 Å². The van der Waals surface area contributed by atoms with Crippen molar-refractivity contribution in [1.29, 1.82) is 0 Å². The molecule has 0 fully saturated rings. The van der Waals surface area contributed by atoms with Gasteiger partial charge in [-0.25, -0.2) is 4.98 Å². The summed E-state index contributed by atoms with van der Waals surface area (Å²) in [5, 5.41) is 7.18. The number of methoxy groups -OCH3 is 1. The summed E-state index contributed by atoms with van der Waals surface area (Å²) < 4.78 is 5.09. The predicted octanol–water partition coefficient (Wildman–Crippen LogP) is 4.78. The molecule has 0 aliphatic heterocycles. The monoisotopic (exact) mass is 377 g/mol. The van der Waals surface area contributed by atoms with Crippen molar-refractivity contribution >= 4 is 23.0 Å². The molecule has 0 unspecified atom stereocenters. The standard InChI is InChI=1S/C22H23N3OS/c1-15-9-11-19(16(2)13-15)21(17-7-5-4-6-8-17)25-22(27)24-18-10-12-20(26-3)23-14-18/h4-14,21H,1-3H3,(H2,24,25,27)/t21-/m1/s1. The Kier molecular flexibility index (Phi) is 6.04. The number of thiocarbonyl (C=S) groups is 1. The Balaban J connectivity index is 1.83. The number of aryl methyl sites for hydroxylation is 2. The van der Waals surface area contributed by atoms with Gasteiger partial charge in [0.2, 0.25) is 5.88 Å². The highest BCUT2D eigenvalue weighted by molar-refractivity contribution is 7.80. The SMILES string of the molecule is COc1ccc(NC(=S)N[C@H](c2ccccc2)c2ccc(C)cc2C)cn1. The molecule has 2 aromatic carbocycles. The van der Waals surface area contributed by atoms with E-state index in [1.807, 2.05) is 24.3 Å². The highest BCUT2D eigenvalue weighted by Crippen LogP contribution is 2.26. The molecule has 0 aliphatic carbocycles. The number of hydrogen-bond acceptors (Lipinski definition) is 3. The number of rotatable bonds is 5. The number of pyridine rings is 1. The summed E-state index contributed by atoms with van der Waals surface area (Å²) >= 11 is 5.56. The number of nitrogens with zero attached hydrogens (tertiary/aromatic N) is 1. The van der Waals surface area contributed by atoms with E-state index in [-0.39, 0.29) is 6.04 Å². The highest BCUT2D eigenvalue weighted by Gasteiger charge is 2.17. The lowest BCUT2D eigenvalue weighted by atomic mass is 9.94. The Morgan fingerprint density at radius 2 is 1.81 bits per heavy atom. The van der Waals surface area contributed by atoms with Crippen molar-refractivity contribution in [3.63, 3.8) is 0 Å². The average molecular weight is 378 g/mol. The molecule has 1 heterocycles. The predicted molar refractivity (Wildman–Crippen MR) is 114 cm³/mol. The van der Waals surface area contributed by atoms with Gasteiger partial charge in [-0.1, -0.05) is 54.1 Å². The average Bonchev–Trinajstić information content (AvgIpc) is 2.68. The number of nitrogens with one attached hydrogen (secondary N) is 2. The van der Waals surface area contributed by atoms with Gasteiger partial charge in [0.15, 0.2) is 5.11 Å². The molecule has 3 aromatic rings. The second-order valence-corrected chi connectivity index (χ2v) is 6.80. The first kappa shape index (κ1) is 18.9. The molecule has 0 amide bonds. The van der Waals surface area contributed by atoms with E-state index in [4.69, 9.17) is 17.0 Å². The van der Waals surface area contributed by atoms with Gasteiger partial charge in [-0.15, -0.1) is 0 Å². The zero-order chi connectivity index (χ0) is 19.2. The fourth-order valence-corrected chi connectivity index (χ4v) is 3.24. The third kappa shape index (κ3) is 4.83. The molecule has 1 aromatic heterocycles. The van der Waals surface area contributed by atoms with E-state index in [1.165, 1.54) is 16.7 Å². The first-order valence-electron chi connectivity index (χ1n) is 8.76. The Hall–Kier alpha value is -2.92. The zero-order valence-corrected chi connectivity index (χ0v) is 16.5. The smallest absolute Gasteiger partial charge is 0.213 e. The molecular formula is C22H23N3OS. The van der Waals surface area contributed by atoms with Gasteiger partial charge >= 0.3 is 0 Å². The molecule has 5 heteroatoms.